The lowest BCUT2D eigenvalue weighted by atomic mass is 9.79. The Balaban J connectivity index is 2.37. The molecule has 0 aromatic heterocycles. The lowest BCUT2D eigenvalue weighted by Crippen LogP contribution is -2.34. The Morgan fingerprint density at radius 2 is 1.63 bits per heavy atom. The lowest BCUT2D eigenvalue weighted by molar-refractivity contribution is -0.161. The summed E-state index contributed by atoms with van der Waals surface area (Å²) in [4.78, 5) is 23.7. The van der Waals surface area contributed by atoms with Crippen molar-refractivity contribution in [3.63, 3.8) is 0 Å². The quantitative estimate of drug-likeness (QED) is 0.527. The predicted molar refractivity (Wildman–Crippen MR) is 72.6 cm³/mol. The third-order valence-electron chi connectivity index (χ3n) is 3.81. The van der Waals surface area contributed by atoms with Gasteiger partial charge in [0, 0.05) is 0 Å². The number of carbonyl (C=O) groups excluding carboxylic acids is 2. The first-order valence-electron chi connectivity index (χ1n) is 7.45. The first-order valence-corrected chi connectivity index (χ1v) is 7.45. The van der Waals surface area contributed by atoms with Crippen LogP contribution in [0.25, 0.3) is 0 Å². The maximum atomic E-state index is 12.0. The maximum Gasteiger partial charge on any atom is 0.309 e. The van der Waals surface area contributed by atoms with Gasteiger partial charge in [0.25, 0.3) is 0 Å². The Bertz CT molecular complexity index is 288. The van der Waals surface area contributed by atoms with Crippen molar-refractivity contribution in [3.8, 4) is 0 Å². The molecule has 1 rings (SSSR count). The number of hydrogen-bond donors (Lipinski definition) is 0. The zero-order valence-electron chi connectivity index (χ0n) is 12.2. The minimum atomic E-state index is -0.304. The minimum Gasteiger partial charge on any atom is -0.469 e. The average molecular weight is 270 g/mol. The highest BCUT2D eigenvalue weighted by Crippen LogP contribution is 2.31. The molecule has 1 aliphatic carbocycles. The highest BCUT2D eigenvalue weighted by atomic mass is 16.5. The van der Waals surface area contributed by atoms with E-state index < -0.39 is 0 Å². The first kappa shape index (κ1) is 16.0. The average Bonchev–Trinajstić information content (AvgIpc) is 2.46. The second-order valence-corrected chi connectivity index (χ2v) is 5.25. The fourth-order valence-corrected chi connectivity index (χ4v) is 2.66. The molecular formula is C15H26O4. The number of hydrogen-bond acceptors (Lipinski definition) is 4. The van der Waals surface area contributed by atoms with E-state index >= 15 is 0 Å². The van der Waals surface area contributed by atoms with Crippen LogP contribution < -0.4 is 0 Å². The van der Waals surface area contributed by atoms with E-state index in [0.29, 0.717) is 6.61 Å². The van der Waals surface area contributed by atoms with Crippen LogP contribution in [-0.2, 0) is 19.1 Å². The van der Waals surface area contributed by atoms with Gasteiger partial charge in [-0.2, -0.15) is 0 Å². The molecule has 0 spiro atoms. The molecule has 19 heavy (non-hydrogen) atoms. The molecule has 4 heteroatoms. The van der Waals surface area contributed by atoms with Gasteiger partial charge in [-0.3, -0.25) is 9.59 Å². The van der Waals surface area contributed by atoms with E-state index in [4.69, 9.17) is 9.47 Å². The second-order valence-electron chi connectivity index (χ2n) is 5.25. The molecule has 0 N–H and O–H groups in total. The monoisotopic (exact) mass is 270 g/mol. The van der Waals surface area contributed by atoms with Gasteiger partial charge in [0.2, 0.25) is 0 Å². The van der Waals surface area contributed by atoms with Crippen LogP contribution in [0.3, 0.4) is 0 Å². The summed E-state index contributed by atoms with van der Waals surface area (Å²) in [6.45, 7) is 2.62. The molecule has 1 fully saturated rings. The van der Waals surface area contributed by atoms with Crippen LogP contribution >= 0.6 is 0 Å². The topological polar surface area (TPSA) is 52.6 Å². The van der Waals surface area contributed by atoms with Crippen LogP contribution in [0, 0.1) is 11.8 Å². The van der Waals surface area contributed by atoms with Crippen molar-refractivity contribution in [2.24, 2.45) is 11.8 Å². The second kappa shape index (κ2) is 8.94. The molecule has 0 bridgehead atoms. The largest absolute Gasteiger partial charge is 0.469 e. The summed E-state index contributed by atoms with van der Waals surface area (Å²) in [5, 5.41) is 0. The van der Waals surface area contributed by atoms with Gasteiger partial charge in [0.1, 0.15) is 0 Å². The van der Waals surface area contributed by atoms with E-state index in [1.54, 1.807) is 0 Å². The first-order chi connectivity index (χ1) is 9.20. The van der Waals surface area contributed by atoms with Gasteiger partial charge in [-0.05, 0) is 19.3 Å². The molecular weight excluding hydrogens is 244 g/mol. The molecule has 2 atom stereocenters. The van der Waals surface area contributed by atoms with Crippen molar-refractivity contribution < 1.29 is 19.1 Å². The predicted octanol–water partition coefficient (Wildman–Crippen LogP) is 3.09. The molecule has 0 heterocycles. The van der Waals surface area contributed by atoms with E-state index in [9.17, 15) is 9.59 Å². The fraction of sp³-hybridized carbons (Fsp3) is 0.867. The van der Waals surface area contributed by atoms with Crippen LogP contribution in [0.4, 0.5) is 0 Å². The highest BCUT2D eigenvalue weighted by molar-refractivity contribution is 5.82. The third kappa shape index (κ3) is 5.21. The Morgan fingerprint density at radius 3 is 2.21 bits per heavy atom. The normalized spacial score (nSPS) is 22.8. The third-order valence-corrected chi connectivity index (χ3v) is 3.81. The van der Waals surface area contributed by atoms with Gasteiger partial charge in [0.05, 0.1) is 25.6 Å². The van der Waals surface area contributed by atoms with E-state index in [-0.39, 0.29) is 23.8 Å². The van der Waals surface area contributed by atoms with Gasteiger partial charge in [-0.15, -0.1) is 0 Å². The van der Waals surface area contributed by atoms with E-state index in [2.05, 4.69) is 6.92 Å². The number of methoxy groups -OCH3 is 1. The van der Waals surface area contributed by atoms with Crippen molar-refractivity contribution >= 4 is 11.9 Å². The maximum absolute atomic E-state index is 12.0. The molecule has 110 valence electrons. The summed E-state index contributed by atoms with van der Waals surface area (Å²) in [5.41, 5.74) is 0. The SMILES string of the molecule is CCCCCCOC(=O)C1CCCCC1C(=O)OC. The molecule has 1 aliphatic rings. The van der Waals surface area contributed by atoms with Gasteiger partial charge in [0.15, 0.2) is 0 Å². The molecule has 0 aliphatic heterocycles. The van der Waals surface area contributed by atoms with Crippen molar-refractivity contribution in [1.82, 2.24) is 0 Å². The zero-order chi connectivity index (χ0) is 14.1. The van der Waals surface area contributed by atoms with Crippen molar-refractivity contribution in [3.05, 3.63) is 0 Å². The Hall–Kier alpha value is -1.06. The van der Waals surface area contributed by atoms with Gasteiger partial charge < -0.3 is 9.47 Å². The number of ether oxygens (including phenoxy) is 2. The van der Waals surface area contributed by atoms with E-state index in [1.165, 1.54) is 20.0 Å². The van der Waals surface area contributed by atoms with Crippen molar-refractivity contribution in [2.45, 2.75) is 58.3 Å². The van der Waals surface area contributed by atoms with Crippen LogP contribution in [0.5, 0.6) is 0 Å². The van der Waals surface area contributed by atoms with Gasteiger partial charge in [-0.1, -0.05) is 39.0 Å². The Labute approximate surface area is 115 Å². The number of esters is 2. The lowest BCUT2D eigenvalue weighted by Gasteiger charge is -2.27. The summed E-state index contributed by atoms with van der Waals surface area (Å²) < 4.78 is 10.1. The van der Waals surface area contributed by atoms with Crippen LogP contribution in [-0.4, -0.2) is 25.7 Å². The number of carbonyl (C=O) groups is 2. The molecule has 0 radical (unpaired) electrons. The van der Waals surface area contributed by atoms with E-state index in [0.717, 1.165) is 38.5 Å². The summed E-state index contributed by atoms with van der Waals surface area (Å²) in [5.74, 6) is -1.09. The Kier molecular flexibility index (Phi) is 7.53. The van der Waals surface area contributed by atoms with Crippen molar-refractivity contribution in [1.29, 1.82) is 0 Å². The van der Waals surface area contributed by atoms with Crippen LogP contribution in [0.2, 0.25) is 0 Å². The van der Waals surface area contributed by atoms with Crippen LogP contribution in [0.1, 0.15) is 58.3 Å². The highest BCUT2D eigenvalue weighted by Gasteiger charge is 2.37. The molecule has 0 aromatic rings. The fourth-order valence-electron chi connectivity index (χ4n) is 2.66. The smallest absolute Gasteiger partial charge is 0.309 e. The molecule has 0 amide bonds. The number of unbranched alkanes of at least 4 members (excludes halogenated alkanes) is 3. The summed E-state index contributed by atoms with van der Waals surface area (Å²) in [6.07, 6.45) is 7.80. The summed E-state index contributed by atoms with van der Waals surface area (Å²) in [7, 11) is 1.38. The minimum absolute atomic E-state index is 0.216. The number of rotatable bonds is 7. The van der Waals surface area contributed by atoms with Crippen LogP contribution in [0.15, 0.2) is 0 Å². The zero-order valence-corrected chi connectivity index (χ0v) is 12.2. The molecule has 2 unspecified atom stereocenters. The van der Waals surface area contributed by atoms with Crippen molar-refractivity contribution in [2.75, 3.05) is 13.7 Å². The van der Waals surface area contributed by atoms with E-state index in [1.807, 2.05) is 0 Å². The molecule has 4 nitrogen and oxygen atoms in total. The van der Waals surface area contributed by atoms with Gasteiger partial charge >= 0.3 is 11.9 Å². The summed E-state index contributed by atoms with van der Waals surface area (Å²) in [6, 6.07) is 0. The molecule has 1 saturated carbocycles. The van der Waals surface area contributed by atoms with Gasteiger partial charge in [-0.25, -0.2) is 0 Å². The summed E-state index contributed by atoms with van der Waals surface area (Å²) >= 11 is 0. The molecule has 0 saturated heterocycles. The Morgan fingerprint density at radius 1 is 1.00 bits per heavy atom. The molecule has 0 aromatic carbocycles. The standard InChI is InChI=1S/C15H26O4/c1-3-4-5-8-11-19-15(17)13-10-7-6-9-12(13)14(16)18-2/h12-13H,3-11H2,1-2H3.